The van der Waals surface area contributed by atoms with E-state index in [-0.39, 0.29) is 24.0 Å². The van der Waals surface area contributed by atoms with E-state index in [1.807, 2.05) is 32.2 Å². The number of aromatic nitrogens is 1. The molecule has 6 nitrogen and oxygen atoms in total. The highest BCUT2D eigenvalue weighted by atomic mass is 127. The number of likely N-dealkylation sites (tertiary alicyclic amines) is 1. The van der Waals surface area contributed by atoms with Gasteiger partial charge in [0.2, 0.25) is 0 Å². The standard InChI is InChI=1S/C21H33N5OS.HI/c1-15-8-11-26(12-9-15)19(20-6-5-13-28-20)14-24-21(22-4)23-10-7-18-16(2)25-27-17(18)3;/h5-6,13,15,19H,7-12,14H2,1-4H3,(H2,22,23,24);1H. The molecule has 2 N–H and O–H groups in total. The van der Waals surface area contributed by atoms with Crippen molar-refractivity contribution < 1.29 is 4.52 Å². The third-order valence-corrected chi connectivity index (χ3v) is 6.64. The zero-order valence-corrected chi connectivity index (χ0v) is 21.0. The first-order valence-electron chi connectivity index (χ1n) is 10.2. The number of hydrogen-bond acceptors (Lipinski definition) is 5. The highest BCUT2D eigenvalue weighted by molar-refractivity contribution is 14.0. The van der Waals surface area contributed by atoms with Gasteiger partial charge in [0.25, 0.3) is 0 Å². The molecule has 0 radical (unpaired) electrons. The second kappa shape index (κ2) is 11.9. The first-order valence-corrected chi connectivity index (χ1v) is 11.1. The number of aliphatic imine (C=N–C) groups is 1. The average molecular weight is 532 g/mol. The molecular weight excluding hydrogens is 497 g/mol. The molecule has 0 amide bonds. The summed E-state index contributed by atoms with van der Waals surface area (Å²) in [7, 11) is 1.83. The number of nitrogens with zero attached hydrogens (tertiary/aromatic N) is 3. The Morgan fingerprint density at radius 2 is 2.10 bits per heavy atom. The Balaban J connectivity index is 0.00000300. The van der Waals surface area contributed by atoms with Crippen LogP contribution in [0.2, 0.25) is 0 Å². The van der Waals surface area contributed by atoms with E-state index in [1.165, 1.54) is 36.4 Å². The van der Waals surface area contributed by atoms with Crippen LogP contribution in [0.4, 0.5) is 0 Å². The van der Waals surface area contributed by atoms with Crippen LogP contribution in [0.25, 0.3) is 0 Å². The fourth-order valence-electron chi connectivity index (χ4n) is 3.81. The maximum atomic E-state index is 5.25. The predicted molar refractivity (Wildman–Crippen MR) is 131 cm³/mol. The molecule has 0 aliphatic carbocycles. The quantitative estimate of drug-likeness (QED) is 0.319. The van der Waals surface area contributed by atoms with Gasteiger partial charge in [0.1, 0.15) is 5.76 Å². The lowest BCUT2D eigenvalue weighted by atomic mass is 9.97. The molecule has 1 saturated heterocycles. The van der Waals surface area contributed by atoms with Gasteiger partial charge in [-0.2, -0.15) is 0 Å². The Labute approximate surface area is 195 Å². The van der Waals surface area contributed by atoms with Gasteiger partial charge in [-0.1, -0.05) is 18.1 Å². The summed E-state index contributed by atoms with van der Waals surface area (Å²) in [5.74, 6) is 2.59. The van der Waals surface area contributed by atoms with Crippen LogP contribution in [0, 0.1) is 19.8 Å². The topological polar surface area (TPSA) is 65.7 Å². The molecule has 2 aromatic rings. The second-order valence-corrected chi connectivity index (χ2v) is 8.66. The molecule has 1 aliphatic rings. The fraction of sp³-hybridized carbons (Fsp3) is 0.619. The normalized spacial score (nSPS) is 17.0. The van der Waals surface area contributed by atoms with Crippen molar-refractivity contribution in [2.75, 3.05) is 33.2 Å². The molecule has 162 valence electrons. The van der Waals surface area contributed by atoms with Gasteiger partial charge in [0.15, 0.2) is 5.96 Å². The second-order valence-electron chi connectivity index (χ2n) is 7.68. The highest BCUT2D eigenvalue weighted by Crippen LogP contribution is 2.29. The third kappa shape index (κ3) is 6.68. The molecule has 1 fully saturated rings. The summed E-state index contributed by atoms with van der Waals surface area (Å²) in [5.41, 5.74) is 2.15. The summed E-state index contributed by atoms with van der Waals surface area (Å²) >= 11 is 1.84. The zero-order valence-electron chi connectivity index (χ0n) is 17.9. The molecule has 29 heavy (non-hydrogen) atoms. The largest absolute Gasteiger partial charge is 0.361 e. The maximum absolute atomic E-state index is 5.25. The Hall–Kier alpha value is -1.13. The van der Waals surface area contributed by atoms with Gasteiger partial charge in [0.05, 0.1) is 11.7 Å². The maximum Gasteiger partial charge on any atom is 0.191 e. The van der Waals surface area contributed by atoms with Crippen molar-refractivity contribution in [3.63, 3.8) is 0 Å². The molecule has 1 unspecified atom stereocenters. The van der Waals surface area contributed by atoms with Crippen LogP contribution in [0.5, 0.6) is 0 Å². The zero-order chi connectivity index (χ0) is 19.9. The number of rotatable bonds is 7. The van der Waals surface area contributed by atoms with Crippen molar-refractivity contribution in [1.29, 1.82) is 0 Å². The Bertz CT molecular complexity index is 734. The molecule has 2 aromatic heterocycles. The third-order valence-electron chi connectivity index (χ3n) is 5.67. The van der Waals surface area contributed by atoms with Crippen LogP contribution in [0.3, 0.4) is 0 Å². The van der Waals surface area contributed by atoms with Crippen molar-refractivity contribution in [2.45, 2.75) is 46.1 Å². The summed E-state index contributed by atoms with van der Waals surface area (Å²) in [4.78, 5) is 8.45. The molecule has 0 bridgehead atoms. The number of nitrogens with one attached hydrogen (secondary N) is 2. The van der Waals surface area contributed by atoms with E-state index < -0.39 is 0 Å². The molecule has 0 saturated carbocycles. The SMILES string of the molecule is CN=C(NCCc1c(C)noc1C)NCC(c1cccs1)N1CCC(C)CC1.I. The van der Waals surface area contributed by atoms with Gasteiger partial charge >= 0.3 is 0 Å². The number of aryl methyl sites for hydroxylation is 2. The number of guanidine groups is 1. The van der Waals surface area contributed by atoms with Gasteiger partial charge in [0, 0.05) is 30.6 Å². The highest BCUT2D eigenvalue weighted by Gasteiger charge is 2.25. The first-order chi connectivity index (χ1) is 13.6. The van der Waals surface area contributed by atoms with Crippen molar-refractivity contribution in [3.05, 3.63) is 39.4 Å². The van der Waals surface area contributed by atoms with E-state index in [9.17, 15) is 0 Å². The average Bonchev–Trinajstić information content (AvgIpc) is 3.33. The van der Waals surface area contributed by atoms with E-state index in [0.717, 1.165) is 42.8 Å². The van der Waals surface area contributed by atoms with Crippen LogP contribution in [0.15, 0.2) is 27.0 Å². The lowest BCUT2D eigenvalue weighted by Gasteiger charge is -2.36. The summed E-state index contributed by atoms with van der Waals surface area (Å²) in [6.07, 6.45) is 3.44. The monoisotopic (exact) mass is 531 g/mol. The first kappa shape index (κ1) is 24.1. The van der Waals surface area contributed by atoms with E-state index in [0.29, 0.717) is 6.04 Å². The lowest BCUT2D eigenvalue weighted by Crippen LogP contribution is -2.45. The van der Waals surface area contributed by atoms with Gasteiger partial charge in [-0.15, -0.1) is 35.3 Å². The van der Waals surface area contributed by atoms with Crippen LogP contribution in [0.1, 0.15) is 47.7 Å². The van der Waals surface area contributed by atoms with Crippen LogP contribution in [-0.4, -0.2) is 49.2 Å². The molecule has 1 atom stereocenters. The minimum Gasteiger partial charge on any atom is -0.361 e. The summed E-state index contributed by atoms with van der Waals surface area (Å²) in [6, 6.07) is 4.80. The number of thiophene rings is 1. The Morgan fingerprint density at radius 1 is 1.34 bits per heavy atom. The number of halogens is 1. The van der Waals surface area contributed by atoms with Crippen molar-refractivity contribution in [2.24, 2.45) is 10.9 Å². The molecule has 1 aliphatic heterocycles. The summed E-state index contributed by atoms with van der Waals surface area (Å²) in [6.45, 7) is 10.3. The van der Waals surface area contributed by atoms with Crippen molar-refractivity contribution in [3.8, 4) is 0 Å². The Morgan fingerprint density at radius 3 is 2.69 bits per heavy atom. The lowest BCUT2D eigenvalue weighted by molar-refractivity contribution is 0.140. The van der Waals surface area contributed by atoms with Crippen LogP contribution < -0.4 is 10.6 Å². The summed E-state index contributed by atoms with van der Waals surface area (Å²) < 4.78 is 5.25. The van der Waals surface area contributed by atoms with E-state index in [4.69, 9.17) is 4.52 Å². The van der Waals surface area contributed by atoms with Gasteiger partial charge < -0.3 is 15.2 Å². The summed E-state index contributed by atoms with van der Waals surface area (Å²) in [5, 5.41) is 13.2. The minimum atomic E-state index is 0. The molecule has 0 spiro atoms. The predicted octanol–water partition coefficient (Wildman–Crippen LogP) is 4.15. The number of hydrogen-bond donors (Lipinski definition) is 2. The Kier molecular flexibility index (Phi) is 9.91. The molecule has 0 aromatic carbocycles. The number of piperidine rings is 1. The minimum absolute atomic E-state index is 0. The van der Waals surface area contributed by atoms with E-state index in [2.05, 4.69) is 50.1 Å². The van der Waals surface area contributed by atoms with Gasteiger partial charge in [-0.05, 0) is 63.6 Å². The molecule has 3 heterocycles. The van der Waals surface area contributed by atoms with E-state index >= 15 is 0 Å². The van der Waals surface area contributed by atoms with Crippen LogP contribution >= 0.6 is 35.3 Å². The molecule has 8 heteroatoms. The smallest absolute Gasteiger partial charge is 0.191 e. The van der Waals surface area contributed by atoms with Crippen LogP contribution in [-0.2, 0) is 6.42 Å². The van der Waals surface area contributed by atoms with Gasteiger partial charge in [-0.25, -0.2) is 0 Å². The van der Waals surface area contributed by atoms with Crippen molar-refractivity contribution in [1.82, 2.24) is 20.7 Å². The fourth-order valence-corrected chi connectivity index (χ4v) is 4.67. The molecular formula is C21H34IN5OS. The van der Waals surface area contributed by atoms with E-state index in [1.54, 1.807) is 0 Å². The molecule has 3 rings (SSSR count). The van der Waals surface area contributed by atoms with Gasteiger partial charge in [-0.3, -0.25) is 9.89 Å². The van der Waals surface area contributed by atoms with Crippen molar-refractivity contribution >= 4 is 41.3 Å².